The SMILES string of the molecule is CCCCC(CC)COCc1cc(C#CCN)cs1. The highest BCUT2D eigenvalue weighted by Crippen LogP contribution is 2.17. The predicted octanol–water partition coefficient (Wildman–Crippen LogP) is 3.79. The summed E-state index contributed by atoms with van der Waals surface area (Å²) in [5.74, 6) is 6.62. The van der Waals surface area contributed by atoms with Gasteiger partial charge in [-0.3, -0.25) is 0 Å². The standard InChI is InChI=1S/C16H25NOS/c1-3-5-7-14(4-2)11-18-12-16-10-15(13-19-16)8-6-9-17/h10,13-14H,3-5,7,9,11-12,17H2,1-2H3. The van der Waals surface area contributed by atoms with Gasteiger partial charge in [-0.15, -0.1) is 11.3 Å². The number of unbranched alkanes of at least 4 members (excludes halogenated alkanes) is 1. The molecule has 0 spiro atoms. The summed E-state index contributed by atoms with van der Waals surface area (Å²) in [5, 5.41) is 2.07. The molecule has 2 nitrogen and oxygen atoms in total. The van der Waals surface area contributed by atoms with Crippen molar-refractivity contribution in [3.8, 4) is 11.8 Å². The van der Waals surface area contributed by atoms with Crippen LogP contribution in [-0.2, 0) is 11.3 Å². The van der Waals surface area contributed by atoms with Crippen molar-refractivity contribution in [1.82, 2.24) is 0 Å². The Hall–Kier alpha value is -0.820. The highest BCUT2D eigenvalue weighted by Gasteiger charge is 2.06. The summed E-state index contributed by atoms with van der Waals surface area (Å²) in [7, 11) is 0. The lowest BCUT2D eigenvalue weighted by Gasteiger charge is -2.14. The first-order valence-corrected chi connectivity index (χ1v) is 8.02. The maximum atomic E-state index is 5.83. The number of hydrogen-bond donors (Lipinski definition) is 1. The van der Waals surface area contributed by atoms with Gasteiger partial charge in [-0.05, 0) is 18.4 Å². The number of ether oxygens (including phenoxy) is 1. The van der Waals surface area contributed by atoms with E-state index in [-0.39, 0.29) is 0 Å². The molecule has 2 N–H and O–H groups in total. The van der Waals surface area contributed by atoms with Crippen LogP contribution in [0.4, 0.5) is 0 Å². The van der Waals surface area contributed by atoms with Crippen LogP contribution in [0.3, 0.4) is 0 Å². The van der Waals surface area contributed by atoms with E-state index < -0.39 is 0 Å². The zero-order valence-electron chi connectivity index (χ0n) is 12.1. The lowest BCUT2D eigenvalue weighted by atomic mass is 10.0. The van der Waals surface area contributed by atoms with Gasteiger partial charge >= 0.3 is 0 Å². The van der Waals surface area contributed by atoms with Crippen LogP contribution in [0, 0.1) is 17.8 Å². The summed E-state index contributed by atoms with van der Waals surface area (Å²) in [6, 6.07) is 2.10. The van der Waals surface area contributed by atoms with Gasteiger partial charge in [0.25, 0.3) is 0 Å². The number of thiophene rings is 1. The molecule has 1 rings (SSSR count). The summed E-state index contributed by atoms with van der Waals surface area (Å²) in [5.41, 5.74) is 6.41. The predicted molar refractivity (Wildman–Crippen MR) is 83.2 cm³/mol. The normalized spacial score (nSPS) is 11.9. The second-order valence-corrected chi connectivity index (χ2v) is 5.74. The van der Waals surface area contributed by atoms with Crippen molar-refractivity contribution >= 4 is 11.3 Å². The Labute approximate surface area is 121 Å². The lowest BCUT2D eigenvalue weighted by Crippen LogP contribution is -2.08. The molecule has 0 saturated carbocycles. The second kappa shape index (κ2) is 10.0. The topological polar surface area (TPSA) is 35.2 Å². The van der Waals surface area contributed by atoms with Gasteiger partial charge in [-0.25, -0.2) is 0 Å². The Morgan fingerprint density at radius 1 is 1.42 bits per heavy atom. The Morgan fingerprint density at radius 3 is 2.95 bits per heavy atom. The number of nitrogens with two attached hydrogens (primary N) is 1. The van der Waals surface area contributed by atoms with E-state index in [1.54, 1.807) is 11.3 Å². The Bertz CT molecular complexity index is 402. The summed E-state index contributed by atoms with van der Waals surface area (Å²) >= 11 is 1.71. The number of rotatable bonds is 8. The Morgan fingerprint density at radius 2 is 2.26 bits per heavy atom. The fraction of sp³-hybridized carbons (Fsp3) is 0.625. The van der Waals surface area contributed by atoms with E-state index in [1.165, 1.54) is 30.6 Å². The highest BCUT2D eigenvalue weighted by atomic mass is 32.1. The molecule has 0 aromatic carbocycles. The van der Waals surface area contributed by atoms with Crippen LogP contribution in [0.15, 0.2) is 11.4 Å². The minimum absolute atomic E-state index is 0.414. The van der Waals surface area contributed by atoms with Crippen LogP contribution in [0.2, 0.25) is 0 Å². The van der Waals surface area contributed by atoms with E-state index in [0.29, 0.717) is 19.1 Å². The van der Waals surface area contributed by atoms with Gasteiger partial charge < -0.3 is 10.5 Å². The first-order valence-electron chi connectivity index (χ1n) is 7.14. The van der Waals surface area contributed by atoms with E-state index in [1.807, 2.05) is 0 Å². The third kappa shape index (κ3) is 6.77. The zero-order chi connectivity index (χ0) is 13.9. The van der Waals surface area contributed by atoms with Crippen LogP contribution in [0.1, 0.15) is 50.0 Å². The molecule has 0 bridgehead atoms. The molecule has 0 aliphatic heterocycles. The van der Waals surface area contributed by atoms with Crippen molar-refractivity contribution in [2.24, 2.45) is 11.7 Å². The Kier molecular flexibility index (Phi) is 8.57. The van der Waals surface area contributed by atoms with E-state index >= 15 is 0 Å². The summed E-state index contributed by atoms with van der Waals surface area (Å²) in [4.78, 5) is 1.24. The quantitative estimate of drug-likeness (QED) is 0.735. The molecular formula is C16H25NOS. The first kappa shape index (κ1) is 16.2. The van der Waals surface area contributed by atoms with E-state index in [9.17, 15) is 0 Å². The summed E-state index contributed by atoms with van der Waals surface area (Å²) in [6.07, 6.45) is 5.06. The van der Waals surface area contributed by atoms with Gasteiger partial charge in [-0.2, -0.15) is 0 Å². The van der Waals surface area contributed by atoms with Gasteiger partial charge in [-0.1, -0.05) is 45.0 Å². The summed E-state index contributed by atoms with van der Waals surface area (Å²) < 4.78 is 5.83. The van der Waals surface area contributed by atoms with Crippen molar-refractivity contribution in [3.63, 3.8) is 0 Å². The summed E-state index contributed by atoms with van der Waals surface area (Å²) in [6.45, 7) is 6.48. The van der Waals surface area contributed by atoms with Gasteiger partial charge in [0.2, 0.25) is 0 Å². The van der Waals surface area contributed by atoms with E-state index in [4.69, 9.17) is 10.5 Å². The van der Waals surface area contributed by atoms with Crippen molar-refractivity contribution in [2.75, 3.05) is 13.2 Å². The molecule has 0 radical (unpaired) electrons. The fourth-order valence-corrected chi connectivity index (χ4v) is 2.65. The molecule has 1 aromatic heterocycles. The van der Waals surface area contributed by atoms with E-state index in [2.05, 4.69) is 37.1 Å². The zero-order valence-corrected chi connectivity index (χ0v) is 12.9. The van der Waals surface area contributed by atoms with Crippen molar-refractivity contribution in [2.45, 2.75) is 46.1 Å². The largest absolute Gasteiger partial charge is 0.376 e. The molecule has 1 aromatic rings. The van der Waals surface area contributed by atoms with Gasteiger partial charge in [0.1, 0.15) is 0 Å². The maximum Gasteiger partial charge on any atom is 0.0809 e. The highest BCUT2D eigenvalue weighted by molar-refractivity contribution is 7.10. The van der Waals surface area contributed by atoms with Crippen LogP contribution in [0.25, 0.3) is 0 Å². The third-order valence-electron chi connectivity index (χ3n) is 3.13. The molecule has 19 heavy (non-hydrogen) atoms. The maximum absolute atomic E-state index is 5.83. The second-order valence-electron chi connectivity index (χ2n) is 4.74. The van der Waals surface area contributed by atoms with Crippen LogP contribution < -0.4 is 5.73 Å². The Balaban J connectivity index is 2.29. The molecule has 106 valence electrons. The third-order valence-corrected chi connectivity index (χ3v) is 4.04. The molecule has 1 atom stereocenters. The van der Waals surface area contributed by atoms with Crippen molar-refractivity contribution in [1.29, 1.82) is 0 Å². The van der Waals surface area contributed by atoms with Gasteiger partial charge in [0.15, 0.2) is 0 Å². The minimum Gasteiger partial charge on any atom is -0.376 e. The lowest BCUT2D eigenvalue weighted by molar-refractivity contribution is 0.0836. The van der Waals surface area contributed by atoms with Gasteiger partial charge in [0.05, 0.1) is 13.2 Å². The molecule has 0 saturated heterocycles. The number of hydrogen-bond acceptors (Lipinski definition) is 3. The molecule has 3 heteroatoms. The van der Waals surface area contributed by atoms with Crippen molar-refractivity contribution in [3.05, 3.63) is 21.9 Å². The molecule has 0 aliphatic rings. The smallest absolute Gasteiger partial charge is 0.0809 e. The molecule has 0 amide bonds. The van der Waals surface area contributed by atoms with Crippen LogP contribution >= 0.6 is 11.3 Å². The van der Waals surface area contributed by atoms with Crippen LogP contribution in [0.5, 0.6) is 0 Å². The molecular weight excluding hydrogens is 254 g/mol. The molecule has 0 aliphatic carbocycles. The molecule has 1 unspecified atom stereocenters. The molecule has 1 heterocycles. The average molecular weight is 279 g/mol. The monoisotopic (exact) mass is 279 g/mol. The first-order chi connectivity index (χ1) is 9.30. The molecule has 0 fully saturated rings. The fourth-order valence-electron chi connectivity index (χ4n) is 1.90. The minimum atomic E-state index is 0.414. The van der Waals surface area contributed by atoms with Crippen LogP contribution in [-0.4, -0.2) is 13.2 Å². The van der Waals surface area contributed by atoms with Crippen molar-refractivity contribution < 1.29 is 4.74 Å². The average Bonchev–Trinajstić information content (AvgIpc) is 2.88. The van der Waals surface area contributed by atoms with Gasteiger partial charge in [0, 0.05) is 22.4 Å². The van der Waals surface area contributed by atoms with E-state index in [0.717, 1.165) is 12.2 Å².